The Morgan fingerprint density at radius 3 is 2.54 bits per heavy atom. The molecule has 256 valence electrons. The van der Waals surface area contributed by atoms with Gasteiger partial charge in [0.25, 0.3) is 0 Å². The van der Waals surface area contributed by atoms with Crippen molar-refractivity contribution in [2.75, 3.05) is 44.0 Å². The van der Waals surface area contributed by atoms with Gasteiger partial charge in [0.2, 0.25) is 21.8 Å². The summed E-state index contributed by atoms with van der Waals surface area (Å²) in [5.74, 6) is -2.65. The van der Waals surface area contributed by atoms with Crippen LogP contribution in [0.25, 0.3) is 0 Å². The Kier molecular flexibility index (Phi) is 9.29. The lowest BCUT2D eigenvalue weighted by Gasteiger charge is -2.37. The van der Waals surface area contributed by atoms with Gasteiger partial charge < -0.3 is 25.4 Å². The molecular weight excluding hydrogens is 682 g/mol. The number of rotatable bonds is 7. The average Bonchev–Trinajstić information content (AvgIpc) is 3.51. The zero-order valence-electron chi connectivity index (χ0n) is 26.9. The van der Waals surface area contributed by atoms with Gasteiger partial charge in [0.1, 0.15) is 17.0 Å². The number of carbonyl (C=O) groups is 2. The first-order valence-corrected chi connectivity index (χ1v) is 17.8. The number of morpholine rings is 1. The zero-order chi connectivity index (χ0) is 34.6. The summed E-state index contributed by atoms with van der Waals surface area (Å²) in [5, 5.41) is 9.52. The molecule has 1 unspecified atom stereocenters. The van der Waals surface area contributed by atoms with E-state index in [4.69, 9.17) is 32.7 Å². The molecule has 3 aromatic rings. The van der Waals surface area contributed by atoms with E-state index >= 15 is 4.39 Å². The summed E-state index contributed by atoms with van der Waals surface area (Å²) in [5.41, 5.74) is -0.362. The highest BCUT2D eigenvalue weighted by Crippen LogP contribution is 2.57. The van der Waals surface area contributed by atoms with Crippen molar-refractivity contribution in [1.29, 1.82) is 0 Å². The Hall–Kier alpha value is -3.26. The molecule has 0 aromatic heterocycles. The molecular formula is C34H37Cl2FN4O6S. The molecule has 6 rings (SSSR count). The third-order valence-electron chi connectivity index (χ3n) is 9.26. The highest BCUT2D eigenvalue weighted by Gasteiger charge is 2.66. The van der Waals surface area contributed by atoms with E-state index < -0.39 is 51.1 Å². The summed E-state index contributed by atoms with van der Waals surface area (Å²) in [6.07, 6.45) is 0.447. The second kappa shape index (κ2) is 12.9. The van der Waals surface area contributed by atoms with Gasteiger partial charge in [0.05, 0.1) is 42.0 Å². The number of amides is 2. The molecule has 3 heterocycles. The molecule has 48 heavy (non-hydrogen) atoms. The Morgan fingerprint density at radius 1 is 1.12 bits per heavy atom. The van der Waals surface area contributed by atoms with Gasteiger partial charge >= 0.3 is 0 Å². The normalized spacial score (nSPS) is 24.4. The summed E-state index contributed by atoms with van der Waals surface area (Å²) in [6.45, 7) is 7.10. The molecule has 0 aliphatic carbocycles. The number of methoxy groups -OCH3 is 1. The lowest BCUT2D eigenvalue weighted by Crippen LogP contribution is -2.49. The number of carbonyl (C=O) groups excluding carboxylic acids is 2. The van der Waals surface area contributed by atoms with Crippen LogP contribution in [0.3, 0.4) is 0 Å². The van der Waals surface area contributed by atoms with E-state index in [1.165, 1.54) is 35.7 Å². The van der Waals surface area contributed by atoms with Crippen molar-refractivity contribution in [2.45, 2.75) is 55.5 Å². The second-order valence-corrected chi connectivity index (χ2v) is 16.2. The van der Waals surface area contributed by atoms with Crippen LogP contribution in [0.1, 0.15) is 44.2 Å². The van der Waals surface area contributed by atoms with Gasteiger partial charge in [-0.05, 0) is 53.3 Å². The smallest absolute Gasteiger partial charge is 0.243 e. The van der Waals surface area contributed by atoms with E-state index in [0.717, 1.165) is 0 Å². The van der Waals surface area contributed by atoms with Crippen molar-refractivity contribution < 1.29 is 31.9 Å². The van der Waals surface area contributed by atoms with Crippen LogP contribution in [0.5, 0.6) is 5.75 Å². The van der Waals surface area contributed by atoms with Crippen molar-refractivity contribution in [2.24, 2.45) is 5.41 Å². The molecule has 1 spiro atoms. The Balaban J connectivity index is 1.45. The van der Waals surface area contributed by atoms with Crippen LogP contribution in [-0.4, -0.2) is 70.0 Å². The van der Waals surface area contributed by atoms with Crippen LogP contribution in [0.15, 0.2) is 59.5 Å². The molecule has 3 aromatic carbocycles. The molecule has 4 atom stereocenters. The molecule has 0 bridgehead atoms. The van der Waals surface area contributed by atoms with Gasteiger partial charge in [0.15, 0.2) is 0 Å². The molecule has 3 N–H and O–H groups in total. The minimum atomic E-state index is -3.85. The van der Waals surface area contributed by atoms with Gasteiger partial charge in [-0.15, -0.1) is 0 Å². The second-order valence-electron chi connectivity index (χ2n) is 13.5. The molecule has 10 nitrogen and oxygen atoms in total. The number of anilines is 2. The number of benzene rings is 3. The third-order valence-corrected chi connectivity index (χ3v) is 11.7. The lowest BCUT2D eigenvalue weighted by atomic mass is 9.62. The predicted octanol–water partition coefficient (Wildman–Crippen LogP) is 5.55. The minimum absolute atomic E-state index is 0.000737. The van der Waals surface area contributed by atoms with Gasteiger partial charge in [-0.1, -0.05) is 62.2 Å². The van der Waals surface area contributed by atoms with Gasteiger partial charge in [0, 0.05) is 41.8 Å². The number of nitrogens with one attached hydrogen (secondary N) is 3. The number of ether oxygens (including phenoxy) is 2. The summed E-state index contributed by atoms with van der Waals surface area (Å²) < 4.78 is 54.9. The predicted molar refractivity (Wildman–Crippen MR) is 182 cm³/mol. The van der Waals surface area contributed by atoms with Crippen molar-refractivity contribution in [3.8, 4) is 5.75 Å². The maximum atomic E-state index is 16.1. The van der Waals surface area contributed by atoms with Crippen molar-refractivity contribution in [1.82, 2.24) is 9.62 Å². The number of hydrogen-bond donors (Lipinski definition) is 3. The first-order chi connectivity index (χ1) is 22.7. The maximum absolute atomic E-state index is 16.1. The van der Waals surface area contributed by atoms with Crippen LogP contribution >= 0.6 is 23.2 Å². The average molecular weight is 720 g/mol. The Bertz CT molecular complexity index is 1880. The standard InChI is InChI=1S/C34H37Cl2FN4O6S/c1-33(2,3)18-27-34(22-10-8-19(35)16-25(22)39-32(34)43)28(21-6-5-7-23(36)29(21)37)30(40-27)31(42)38-24-11-9-20(17-26(24)46-4)48(44,45)41-12-14-47-15-13-41/h5-11,16-17,27-28,30,40H,12-15,18H2,1-4H3,(H,38,42)(H,39,43)/t27-,28+,30+,34?/m0/s1. The summed E-state index contributed by atoms with van der Waals surface area (Å²) in [6, 6.07) is 12.1. The highest BCUT2D eigenvalue weighted by atomic mass is 35.5. The first-order valence-electron chi connectivity index (χ1n) is 15.6. The van der Waals surface area contributed by atoms with Crippen LogP contribution in [0.2, 0.25) is 10.0 Å². The van der Waals surface area contributed by atoms with Crippen LogP contribution in [0, 0.1) is 11.2 Å². The topological polar surface area (TPSA) is 126 Å². The Labute approximate surface area is 289 Å². The summed E-state index contributed by atoms with van der Waals surface area (Å²) in [4.78, 5) is 28.8. The van der Waals surface area contributed by atoms with Crippen molar-refractivity contribution in [3.63, 3.8) is 0 Å². The number of sulfonamides is 1. The van der Waals surface area contributed by atoms with Crippen LogP contribution < -0.4 is 20.7 Å². The molecule has 3 aliphatic rings. The molecule has 2 saturated heterocycles. The van der Waals surface area contributed by atoms with E-state index in [0.29, 0.717) is 35.9 Å². The quantitative estimate of drug-likeness (QED) is 0.293. The third kappa shape index (κ3) is 5.96. The number of fused-ring (bicyclic) bond motifs is 2. The van der Waals surface area contributed by atoms with Gasteiger partial charge in [-0.2, -0.15) is 4.31 Å². The minimum Gasteiger partial charge on any atom is -0.495 e. The van der Waals surface area contributed by atoms with E-state index in [2.05, 4.69) is 16.0 Å². The molecule has 14 heteroatoms. The lowest BCUT2D eigenvalue weighted by molar-refractivity contribution is -0.122. The fraction of sp³-hybridized carbons (Fsp3) is 0.412. The maximum Gasteiger partial charge on any atom is 0.243 e. The van der Waals surface area contributed by atoms with Gasteiger partial charge in [-0.3, -0.25) is 9.59 Å². The van der Waals surface area contributed by atoms with Crippen molar-refractivity contribution in [3.05, 3.63) is 81.6 Å². The van der Waals surface area contributed by atoms with Crippen molar-refractivity contribution >= 4 is 56.4 Å². The van der Waals surface area contributed by atoms with Crippen LogP contribution in [0.4, 0.5) is 15.8 Å². The molecule has 0 radical (unpaired) electrons. The largest absolute Gasteiger partial charge is 0.495 e. The monoisotopic (exact) mass is 718 g/mol. The van der Waals surface area contributed by atoms with E-state index in [-0.39, 0.29) is 45.4 Å². The molecule has 3 aliphatic heterocycles. The summed E-state index contributed by atoms with van der Waals surface area (Å²) in [7, 11) is -2.48. The number of halogens is 3. The highest BCUT2D eigenvalue weighted by molar-refractivity contribution is 7.89. The number of hydrogen-bond acceptors (Lipinski definition) is 7. The van der Waals surface area contributed by atoms with E-state index in [1.807, 2.05) is 20.8 Å². The van der Waals surface area contributed by atoms with Gasteiger partial charge in [-0.25, -0.2) is 12.8 Å². The van der Waals surface area contributed by atoms with E-state index in [9.17, 15) is 18.0 Å². The fourth-order valence-electron chi connectivity index (χ4n) is 7.23. The van der Waals surface area contributed by atoms with E-state index in [1.54, 1.807) is 30.3 Å². The molecule has 2 amide bonds. The molecule has 2 fully saturated rings. The number of nitrogens with zero attached hydrogens (tertiary/aromatic N) is 1. The van der Waals surface area contributed by atoms with Crippen LogP contribution in [-0.2, 0) is 29.8 Å². The fourth-order valence-corrected chi connectivity index (χ4v) is 9.01. The summed E-state index contributed by atoms with van der Waals surface area (Å²) >= 11 is 12.6. The zero-order valence-corrected chi connectivity index (χ0v) is 29.2. The Morgan fingerprint density at radius 2 is 1.85 bits per heavy atom. The molecule has 0 saturated carbocycles. The first kappa shape index (κ1) is 34.6. The SMILES string of the molecule is COc1cc(S(=O)(=O)N2CCOCC2)ccc1NC(=O)[C@@H]1N[C@@H](CC(C)(C)C)C2(C(=O)Nc3cc(Cl)ccc32)[C@@H]1c1cccc(Cl)c1F.